The molecule has 0 radical (unpaired) electrons. The van der Waals surface area contributed by atoms with E-state index in [1.165, 1.54) is 0 Å². The molecule has 2 aromatic heterocycles. The monoisotopic (exact) mass is 444 g/mol. The van der Waals surface area contributed by atoms with E-state index in [9.17, 15) is 5.11 Å². The number of phenols is 1. The minimum atomic E-state index is 0.167. The highest BCUT2D eigenvalue weighted by molar-refractivity contribution is 5.74. The number of pyridine rings is 1. The zero-order chi connectivity index (χ0) is 23.2. The van der Waals surface area contributed by atoms with Crippen LogP contribution >= 0.6 is 0 Å². The number of aromatic nitrogens is 3. The lowest BCUT2D eigenvalue weighted by Gasteiger charge is -2.29. The fourth-order valence-electron chi connectivity index (χ4n) is 4.02. The molecule has 1 saturated heterocycles. The molecular formula is C25H28N6O2. The molecule has 1 aliphatic rings. The number of anilines is 3. The predicted molar refractivity (Wildman–Crippen MR) is 130 cm³/mol. The average Bonchev–Trinajstić information content (AvgIpc) is 3.02. The Morgan fingerprint density at radius 3 is 2.82 bits per heavy atom. The van der Waals surface area contributed by atoms with Gasteiger partial charge in [-0.05, 0) is 49.6 Å². The van der Waals surface area contributed by atoms with Crippen molar-refractivity contribution in [2.24, 2.45) is 0 Å². The van der Waals surface area contributed by atoms with Gasteiger partial charge in [0.2, 0.25) is 0 Å². The van der Waals surface area contributed by atoms with Crippen LogP contribution in [0.4, 0.5) is 17.2 Å². The van der Waals surface area contributed by atoms with Gasteiger partial charge in [-0.15, -0.1) is 10.2 Å². The highest BCUT2D eigenvalue weighted by Crippen LogP contribution is 2.32. The molecule has 3 N–H and O–H groups in total. The maximum atomic E-state index is 10.2. The van der Waals surface area contributed by atoms with Crippen LogP contribution in [-0.4, -0.2) is 59.7 Å². The molecule has 0 spiro atoms. The van der Waals surface area contributed by atoms with Gasteiger partial charge in [-0.1, -0.05) is 18.1 Å². The quantitative estimate of drug-likeness (QED) is 0.593. The normalized spacial score (nSPS) is 16.1. The van der Waals surface area contributed by atoms with Crippen molar-refractivity contribution in [3.05, 3.63) is 54.4 Å². The number of nitrogens with zero attached hydrogens (tertiary/aromatic N) is 5. The Morgan fingerprint density at radius 2 is 2.00 bits per heavy atom. The van der Waals surface area contributed by atoms with Crippen molar-refractivity contribution in [1.82, 2.24) is 15.2 Å². The van der Waals surface area contributed by atoms with Crippen LogP contribution in [0.2, 0.25) is 0 Å². The van der Waals surface area contributed by atoms with Gasteiger partial charge in [-0.25, -0.2) is 4.98 Å². The summed E-state index contributed by atoms with van der Waals surface area (Å²) in [6.07, 6.45) is 2.74. The molecule has 0 unspecified atom stereocenters. The van der Waals surface area contributed by atoms with Gasteiger partial charge in [0, 0.05) is 50.2 Å². The number of para-hydroxylation sites is 1. The Bertz CT molecular complexity index is 1170. The van der Waals surface area contributed by atoms with Gasteiger partial charge in [0.05, 0.1) is 11.4 Å². The molecule has 33 heavy (non-hydrogen) atoms. The molecule has 1 aromatic carbocycles. The topological polar surface area (TPSA) is 101 Å². The minimum Gasteiger partial charge on any atom is -0.507 e. The van der Waals surface area contributed by atoms with E-state index < -0.39 is 0 Å². The smallest absolute Gasteiger partial charge is 0.169 e. The standard InChI is InChI=1S/C25H28N6O2/c1-18-10-12-30(13-14-31(18)20-9-11-27-19(16-20)6-5-15-33-2)23-17-22(28-29-25(23)26)21-7-3-4-8-24(21)32/h3-4,7-9,11,16-18,32H,10,12-15H2,1-2H3,(H2,26,29)/t18-/m0/s1. The SMILES string of the molecule is COCC#Cc1cc(N2CCN(c3cc(-c4ccccc4O)nnc3N)CC[C@@H]2C)ccn1. The van der Waals surface area contributed by atoms with Crippen molar-refractivity contribution in [2.45, 2.75) is 19.4 Å². The summed E-state index contributed by atoms with van der Waals surface area (Å²) in [5.74, 6) is 6.56. The van der Waals surface area contributed by atoms with Gasteiger partial charge in [0.1, 0.15) is 18.1 Å². The summed E-state index contributed by atoms with van der Waals surface area (Å²) in [4.78, 5) is 8.97. The summed E-state index contributed by atoms with van der Waals surface area (Å²) in [7, 11) is 1.62. The van der Waals surface area contributed by atoms with Gasteiger partial charge in [0.15, 0.2) is 5.82 Å². The summed E-state index contributed by atoms with van der Waals surface area (Å²) >= 11 is 0. The van der Waals surface area contributed by atoms with Crippen molar-refractivity contribution < 1.29 is 9.84 Å². The van der Waals surface area contributed by atoms with Crippen LogP contribution in [-0.2, 0) is 4.74 Å². The molecule has 0 aliphatic carbocycles. The summed E-state index contributed by atoms with van der Waals surface area (Å²) in [5, 5.41) is 18.6. The Morgan fingerprint density at radius 1 is 1.15 bits per heavy atom. The first-order chi connectivity index (χ1) is 16.1. The van der Waals surface area contributed by atoms with Crippen LogP contribution in [0.25, 0.3) is 11.3 Å². The maximum Gasteiger partial charge on any atom is 0.169 e. The molecule has 0 amide bonds. The van der Waals surface area contributed by atoms with Crippen LogP contribution < -0.4 is 15.5 Å². The van der Waals surface area contributed by atoms with Gasteiger partial charge in [0.25, 0.3) is 0 Å². The molecule has 1 atom stereocenters. The lowest BCUT2D eigenvalue weighted by Crippen LogP contribution is -2.35. The zero-order valence-corrected chi connectivity index (χ0v) is 18.9. The third-order valence-corrected chi connectivity index (χ3v) is 5.79. The largest absolute Gasteiger partial charge is 0.507 e. The van der Waals surface area contributed by atoms with E-state index in [0.717, 1.165) is 43.1 Å². The Labute approximate surface area is 194 Å². The predicted octanol–water partition coefficient (Wildman–Crippen LogP) is 2.93. The number of phenolic OH excluding ortho intramolecular Hbond substituents is 1. The third-order valence-electron chi connectivity index (χ3n) is 5.79. The molecule has 3 aromatic rings. The van der Waals surface area contributed by atoms with Gasteiger partial charge in [-0.2, -0.15) is 0 Å². The van der Waals surface area contributed by atoms with E-state index in [1.807, 2.05) is 30.3 Å². The Balaban J connectivity index is 1.56. The molecule has 3 heterocycles. The van der Waals surface area contributed by atoms with Gasteiger partial charge in [-0.3, -0.25) is 0 Å². The fraction of sp³-hybridized carbons (Fsp3) is 0.320. The number of nitrogens with two attached hydrogens (primary N) is 1. The molecule has 0 bridgehead atoms. The average molecular weight is 445 g/mol. The van der Waals surface area contributed by atoms with Crippen LogP contribution in [0.15, 0.2) is 48.7 Å². The maximum absolute atomic E-state index is 10.2. The van der Waals surface area contributed by atoms with E-state index in [4.69, 9.17) is 10.5 Å². The van der Waals surface area contributed by atoms with E-state index in [1.54, 1.807) is 25.4 Å². The number of hydrogen-bond acceptors (Lipinski definition) is 8. The first-order valence-corrected chi connectivity index (χ1v) is 10.9. The molecule has 170 valence electrons. The fourth-order valence-corrected chi connectivity index (χ4v) is 4.02. The summed E-state index contributed by atoms with van der Waals surface area (Å²) < 4.78 is 5.00. The molecular weight excluding hydrogens is 416 g/mol. The second-order valence-corrected chi connectivity index (χ2v) is 7.97. The summed E-state index contributed by atoms with van der Waals surface area (Å²) in [6, 6.07) is 13.4. The second kappa shape index (κ2) is 10.2. The minimum absolute atomic E-state index is 0.167. The molecule has 1 aliphatic heterocycles. The van der Waals surface area contributed by atoms with E-state index >= 15 is 0 Å². The number of rotatable bonds is 4. The summed E-state index contributed by atoms with van der Waals surface area (Å²) in [5.41, 5.74) is 10.1. The molecule has 0 saturated carbocycles. The lowest BCUT2D eigenvalue weighted by atomic mass is 10.1. The van der Waals surface area contributed by atoms with Crippen LogP contribution in [0.5, 0.6) is 5.75 Å². The van der Waals surface area contributed by atoms with E-state index in [0.29, 0.717) is 29.7 Å². The number of hydrogen-bond donors (Lipinski definition) is 2. The van der Waals surface area contributed by atoms with Crippen LogP contribution in [0.1, 0.15) is 19.0 Å². The second-order valence-electron chi connectivity index (χ2n) is 7.97. The van der Waals surface area contributed by atoms with Gasteiger partial charge >= 0.3 is 0 Å². The van der Waals surface area contributed by atoms with Crippen molar-refractivity contribution in [3.8, 4) is 28.8 Å². The van der Waals surface area contributed by atoms with Crippen molar-refractivity contribution in [3.63, 3.8) is 0 Å². The first-order valence-electron chi connectivity index (χ1n) is 10.9. The molecule has 8 heteroatoms. The highest BCUT2D eigenvalue weighted by atomic mass is 16.5. The highest BCUT2D eigenvalue weighted by Gasteiger charge is 2.24. The van der Waals surface area contributed by atoms with Crippen LogP contribution in [0, 0.1) is 11.8 Å². The van der Waals surface area contributed by atoms with Crippen molar-refractivity contribution in [1.29, 1.82) is 0 Å². The van der Waals surface area contributed by atoms with Crippen molar-refractivity contribution in [2.75, 3.05) is 48.9 Å². The number of nitrogen functional groups attached to an aromatic ring is 1. The van der Waals surface area contributed by atoms with Crippen molar-refractivity contribution >= 4 is 17.2 Å². The number of benzene rings is 1. The number of methoxy groups -OCH3 is 1. The zero-order valence-electron chi connectivity index (χ0n) is 18.9. The number of aromatic hydroxyl groups is 1. The lowest BCUT2D eigenvalue weighted by molar-refractivity contribution is 0.240. The molecule has 8 nitrogen and oxygen atoms in total. The molecule has 1 fully saturated rings. The van der Waals surface area contributed by atoms with E-state index in [-0.39, 0.29) is 5.75 Å². The van der Waals surface area contributed by atoms with Crippen LogP contribution in [0.3, 0.4) is 0 Å². The van der Waals surface area contributed by atoms with Gasteiger partial charge < -0.3 is 25.4 Å². The Kier molecular flexibility index (Phi) is 6.91. The van der Waals surface area contributed by atoms with E-state index in [2.05, 4.69) is 43.7 Å². The number of ether oxygens (including phenoxy) is 1. The first kappa shape index (κ1) is 22.4. The summed E-state index contributed by atoms with van der Waals surface area (Å²) in [6.45, 7) is 5.02. The molecule has 4 rings (SSSR count). The Hall–Kier alpha value is -3.83. The third kappa shape index (κ3) is 5.16.